The first-order chi connectivity index (χ1) is 31.4. The van der Waals surface area contributed by atoms with E-state index >= 15 is 0 Å². The summed E-state index contributed by atoms with van der Waals surface area (Å²) in [5, 5.41) is 16.1. The topological polar surface area (TPSA) is 227 Å². The number of carbonyl (C=O) groups excluding carboxylic acids is 4. The molecule has 2 heterocycles. The van der Waals surface area contributed by atoms with Crippen LogP contribution in [0.2, 0.25) is 0 Å². The van der Waals surface area contributed by atoms with Gasteiger partial charge in [0.15, 0.2) is 5.67 Å². The molecule has 0 spiro atoms. The lowest BCUT2D eigenvalue weighted by atomic mass is 9.85. The fourth-order valence-electron chi connectivity index (χ4n) is 7.40. The van der Waals surface area contributed by atoms with Crippen LogP contribution in [-0.4, -0.2) is 127 Å². The SMILES string of the molecule is Cc1ncsc1-c1ccc(CNC(=O)[C@@H]2C[C@@H](O)CN2C(=O)[C@@H](NC(=O)C2(F)CC2)C(C)(C)C)c(OCCOCCOCCOCCCc2ccc(CO[C@H](C)[C@@H](N)CCC(N)=O)cc2)c1. The van der Waals surface area contributed by atoms with E-state index in [2.05, 4.69) is 27.8 Å². The van der Waals surface area contributed by atoms with Gasteiger partial charge >= 0.3 is 0 Å². The molecule has 66 heavy (non-hydrogen) atoms. The Kier molecular flexibility index (Phi) is 19.8. The van der Waals surface area contributed by atoms with Crippen molar-refractivity contribution in [1.82, 2.24) is 20.5 Å². The number of halogens is 1. The van der Waals surface area contributed by atoms with Crippen LogP contribution >= 0.6 is 11.3 Å². The third kappa shape index (κ3) is 16.1. The number of nitrogens with zero attached hydrogens (tertiary/aromatic N) is 2. The molecule has 1 saturated heterocycles. The quantitative estimate of drug-likeness (QED) is 0.0643. The number of amides is 4. The van der Waals surface area contributed by atoms with Crippen LogP contribution in [0.25, 0.3) is 10.4 Å². The second-order valence-electron chi connectivity index (χ2n) is 18.2. The first kappa shape index (κ1) is 52.4. The first-order valence-electron chi connectivity index (χ1n) is 22.8. The molecule has 3 aromatic rings. The van der Waals surface area contributed by atoms with E-state index < -0.39 is 47.0 Å². The number of β-amino-alcohol motifs (C(OH)–C–C–N with tert-alkyl or cyclic N) is 1. The van der Waals surface area contributed by atoms with Crippen LogP contribution in [0.4, 0.5) is 4.39 Å². The summed E-state index contributed by atoms with van der Waals surface area (Å²) in [5.74, 6) is -1.67. The molecule has 2 aliphatic rings. The number of nitrogens with two attached hydrogens (primary N) is 2. The molecule has 0 unspecified atom stereocenters. The molecular formula is C48H69FN6O10S. The maximum atomic E-state index is 14.6. The molecule has 2 aromatic carbocycles. The number of likely N-dealkylation sites (tertiary alicyclic amines) is 1. The summed E-state index contributed by atoms with van der Waals surface area (Å²) in [6.07, 6.45) is 1.60. The highest BCUT2D eigenvalue weighted by Crippen LogP contribution is 2.40. The van der Waals surface area contributed by atoms with E-state index in [0.717, 1.165) is 34.5 Å². The molecule has 0 bridgehead atoms. The summed E-state index contributed by atoms with van der Waals surface area (Å²) in [7, 11) is 0. The van der Waals surface area contributed by atoms with Crippen molar-refractivity contribution >= 4 is 35.0 Å². The number of aromatic nitrogens is 1. The van der Waals surface area contributed by atoms with Gasteiger partial charge in [0.05, 0.1) is 67.9 Å². The summed E-state index contributed by atoms with van der Waals surface area (Å²) in [4.78, 5) is 57.9. The van der Waals surface area contributed by atoms with Crippen molar-refractivity contribution in [3.8, 4) is 16.2 Å². The molecule has 364 valence electrons. The maximum absolute atomic E-state index is 14.6. The average molecular weight is 941 g/mol. The van der Waals surface area contributed by atoms with E-state index in [1.807, 2.05) is 44.2 Å². The number of aryl methyl sites for hydroxylation is 2. The van der Waals surface area contributed by atoms with Crippen molar-refractivity contribution in [2.45, 2.75) is 129 Å². The van der Waals surface area contributed by atoms with E-state index in [1.165, 1.54) is 21.8 Å². The minimum absolute atomic E-state index is 0.0194. The Morgan fingerprint density at radius 3 is 2.26 bits per heavy atom. The summed E-state index contributed by atoms with van der Waals surface area (Å²) < 4.78 is 43.9. The van der Waals surface area contributed by atoms with Gasteiger partial charge in [-0.15, -0.1) is 11.3 Å². The van der Waals surface area contributed by atoms with Gasteiger partial charge in [-0.1, -0.05) is 57.2 Å². The smallest absolute Gasteiger partial charge is 0.258 e. The third-order valence-electron chi connectivity index (χ3n) is 11.7. The van der Waals surface area contributed by atoms with Crippen molar-refractivity contribution < 1.29 is 52.4 Å². The highest BCUT2D eigenvalue weighted by molar-refractivity contribution is 7.13. The first-order valence-corrected chi connectivity index (χ1v) is 23.7. The molecule has 5 atom stereocenters. The summed E-state index contributed by atoms with van der Waals surface area (Å²) in [6.45, 7) is 12.3. The van der Waals surface area contributed by atoms with Gasteiger partial charge in [-0.2, -0.15) is 0 Å². The molecule has 1 saturated carbocycles. The molecule has 1 aliphatic carbocycles. The average Bonchev–Trinajstić information content (AvgIpc) is 3.69. The maximum Gasteiger partial charge on any atom is 0.258 e. The van der Waals surface area contributed by atoms with E-state index in [-0.39, 0.29) is 63.4 Å². The van der Waals surface area contributed by atoms with Gasteiger partial charge in [-0.05, 0) is 74.1 Å². The summed E-state index contributed by atoms with van der Waals surface area (Å²) >= 11 is 1.51. The van der Waals surface area contributed by atoms with Crippen molar-refractivity contribution in [2.24, 2.45) is 16.9 Å². The predicted octanol–water partition coefficient (Wildman–Crippen LogP) is 4.29. The number of ether oxygens (including phenoxy) is 5. The molecule has 18 heteroatoms. The molecule has 2 fully saturated rings. The van der Waals surface area contributed by atoms with E-state index in [4.69, 9.17) is 35.2 Å². The Hall–Kier alpha value is -4.56. The fraction of sp³-hybridized carbons (Fsp3) is 0.604. The molecular weight excluding hydrogens is 872 g/mol. The van der Waals surface area contributed by atoms with Crippen molar-refractivity contribution in [1.29, 1.82) is 0 Å². The van der Waals surface area contributed by atoms with Gasteiger partial charge < -0.3 is 55.8 Å². The second kappa shape index (κ2) is 25.0. The summed E-state index contributed by atoms with van der Waals surface area (Å²) in [5.41, 5.74) is 15.1. The van der Waals surface area contributed by atoms with Crippen LogP contribution in [0.5, 0.6) is 5.75 Å². The van der Waals surface area contributed by atoms with Gasteiger partial charge in [-0.25, -0.2) is 9.37 Å². The minimum atomic E-state index is -1.97. The Morgan fingerprint density at radius 2 is 1.64 bits per heavy atom. The van der Waals surface area contributed by atoms with Gasteiger partial charge in [0.1, 0.15) is 24.4 Å². The van der Waals surface area contributed by atoms with Crippen molar-refractivity contribution in [3.05, 3.63) is 70.4 Å². The van der Waals surface area contributed by atoms with Crippen molar-refractivity contribution in [2.75, 3.05) is 52.8 Å². The van der Waals surface area contributed by atoms with Gasteiger partial charge in [0.25, 0.3) is 5.91 Å². The van der Waals surface area contributed by atoms with Gasteiger partial charge in [0, 0.05) is 44.1 Å². The number of benzene rings is 2. The Balaban J connectivity index is 0.999. The number of hydrogen-bond donors (Lipinski definition) is 5. The number of alkyl halides is 1. The lowest BCUT2D eigenvalue weighted by Gasteiger charge is -2.35. The largest absolute Gasteiger partial charge is 0.491 e. The molecule has 1 aromatic heterocycles. The number of carbonyl (C=O) groups is 4. The van der Waals surface area contributed by atoms with Crippen molar-refractivity contribution in [3.63, 3.8) is 0 Å². The van der Waals surface area contributed by atoms with Gasteiger partial charge in [0.2, 0.25) is 17.7 Å². The predicted molar refractivity (Wildman–Crippen MR) is 248 cm³/mol. The normalized spacial score (nSPS) is 18.1. The zero-order chi connectivity index (χ0) is 47.9. The molecule has 4 amide bonds. The molecule has 5 rings (SSSR count). The number of aliphatic hydroxyl groups is 1. The third-order valence-corrected chi connectivity index (χ3v) is 12.7. The second-order valence-corrected chi connectivity index (χ2v) is 19.1. The van der Waals surface area contributed by atoms with Gasteiger partial charge in [-0.3, -0.25) is 19.2 Å². The molecule has 7 N–H and O–H groups in total. The molecule has 1 aliphatic heterocycles. The standard InChI is InChI=1S/C48H69FN6O10S/c1-31-42(66-30-53-31)35-12-13-36(27-52-44(58)39-26-37(56)28-55(39)45(59)43(47(3,4)5)54-46(60)48(49)16-17-48)40(25-35)64-24-23-63-22-21-62-20-19-61-18-6-7-33-8-10-34(11-9-33)29-65-32(2)38(50)14-15-41(51)57/h8-13,25,30,32,37-39,43,56H,6-7,14-24,26-29,50H2,1-5H3,(H2,51,57)(H,52,58)(H,54,60)/t32-,37-,38+,39+,43-/m1/s1. The Morgan fingerprint density at radius 1 is 0.985 bits per heavy atom. The number of nitrogens with one attached hydrogen (secondary N) is 2. The number of aliphatic hydroxyl groups excluding tert-OH is 1. The van der Waals surface area contributed by atoms with Crippen LogP contribution in [-0.2, 0) is 57.7 Å². The lowest BCUT2D eigenvalue weighted by molar-refractivity contribution is -0.145. The fourth-order valence-corrected chi connectivity index (χ4v) is 8.20. The van der Waals surface area contributed by atoms with Crippen LogP contribution in [0.3, 0.4) is 0 Å². The monoisotopic (exact) mass is 940 g/mol. The number of rotatable bonds is 28. The highest BCUT2D eigenvalue weighted by atomic mass is 32.1. The van der Waals surface area contributed by atoms with Crippen LogP contribution < -0.4 is 26.8 Å². The van der Waals surface area contributed by atoms with E-state index in [9.17, 15) is 28.7 Å². The van der Waals surface area contributed by atoms with Crippen LogP contribution in [0.15, 0.2) is 48.0 Å². The number of primary amides is 1. The van der Waals surface area contributed by atoms with Crippen LogP contribution in [0.1, 0.15) is 88.6 Å². The zero-order valence-corrected chi connectivity index (χ0v) is 39.8. The lowest BCUT2D eigenvalue weighted by Crippen LogP contribution is -2.59. The van der Waals surface area contributed by atoms with E-state index in [0.29, 0.717) is 64.0 Å². The summed E-state index contributed by atoms with van der Waals surface area (Å²) in [6, 6.07) is 11.6. The van der Waals surface area contributed by atoms with Crippen LogP contribution in [0, 0.1) is 12.3 Å². The number of thiazole rings is 1. The molecule has 16 nitrogen and oxygen atoms in total. The molecule has 0 radical (unpaired) electrons. The zero-order valence-electron chi connectivity index (χ0n) is 39.0. The minimum Gasteiger partial charge on any atom is -0.491 e. The number of hydrogen-bond acceptors (Lipinski definition) is 13. The Bertz CT molecular complexity index is 2040. The highest BCUT2D eigenvalue weighted by Gasteiger charge is 2.53. The van der Waals surface area contributed by atoms with E-state index in [1.54, 1.807) is 26.3 Å². The Labute approximate surface area is 391 Å².